The number of aromatic nitrogens is 2. The molecule has 0 aliphatic carbocycles. The molecule has 1 rings (SSSR count). The maximum absolute atomic E-state index is 11.8. The molecule has 0 saturated carbocycles. The standard InChI is InChI=1S/C8H12ClN3O5S/c1-12-7(5(9)3-10-12)18(15,16)11-4-6(13)8(14)17-2/h3,6,11,13H,4H2,1-2H3. The lowest BCUT2D eigenvalue weighted by atomic mass is 10.4. The number of carbonyl (C=O) groups is 1. The van der Waals surface area contributed by atoms with Gasteiger partial charge in [-0.25, -0.2) is 17.9 Å². The zero-order valence-electron chi connectivity index (χ0n) is 9.62. The average molecular weight is 298 g/mol. The molecule has 1 atom stereocenters. The third-order valence-corrected chi connectivity index (χ3v) is 3.97. The maximum atomic E-state index is 11.8. The van der Waals surface area contributed by atoms with Crippen molar-refractivity contribution in [2.75, 3.05) is 13.7 Å². The molecule has 0 saturated heterocycles. The molecule has 8 nitrogen and oxygen atoms in total. The number of ether oxygens (including phenoxy) is 1. The first-order chi connectivity index (χ1) is 8.29. The maximum Gasteiger partial charge on any atom is 0.336 e. The van der Waals surface area contributed by atoms with E-state index in [2.05, 4.69) is 9.84 Å². The van der Waals surface area contributed by atoms with Gasteiger partial charge in [-0.05, 0) is 0 Å². The minimum Gasteiger partial charge on any atom is -0.467 e. The molecule has 18 heavy (non-hydrogen) atoms. The minimum absolute atomic E-state index is 0.0578. The van der Waals surface area contributed by atoms with Crippen molar-refractivity contribution in [3.8, 4) is 0 Å². The van der Waals surface area contributed by atoms with Gasteiger partial charge in [-0.1, -0.05) is 11.6 Å². The Kier molecular flexibility index (Phi) is 4.68. The van der Waals surface area contributed by atoms with Crippen LogP contribution in [-0.2, 0) is 26.6 Å². The highest BCUT2D eigenvalue weighted by Crippen LogP contribution is 2.19. The van der Waals surface area contributed by atoms with E-state index in [0.717, 1.165) is 11.8 Å². The summed E-state index contributed by atoms with van der Waals surface area (Å²) in [5.74, 6) is -0.936. The summed E-state index contributed by atoms with van der Waals surface area (Å²) in [6.45, 7) is -0.517. The van der Waals surface area contributed by atoms with Gasteiger partial charge >= 0.3 is 5.97 Å². The zero-order valence-corrected chi connectivity index (χ0v) is 11.2. The number of aryl methyl sites for hydroxylation is 1. The van der Waals surface area contributed by atoms with Crippen LogP contribution in [0.1, 0.15) is 0 Å². The second-order valence-electron chi connectivity index (χ2n) is 3.31. The molecule has 0 aliphatic heterocycles. The van der Waals surface area contributed by atoms with Crippen molar-refractivity contribution in [3.63, 3.8) is 0 Å². The average Bonchev–Trinajstić information content (AvgIpc) is 2.65. The number of sulfonamides is 1. The fourth-order valence-electron chi connectivity index (χ4n) is 1.18. The topological polar surface area (TPSA) is 111 Å². The molecular weight excluding hydrogens is 286 g/mol. The van der Waals surface area contributed by atoms with Crippen LogP contribution in [0.3, 0.4) is 0 Å². The van der Waals surface area contributed by atoms with Crippen LogP contribution in [0.2, 0.25) is 5.02 Å². The predicted molar refractivity (Wildman–Crippen MR) is 61.4 cm³/mol. The Hall–Kier alpha value is -1.16. The van der Waals surface area contributed by atoms with E-state index in [1.54, 1.807) is 0 Å². The lowest BCUT2D eigenvalue weighted by molar-refractivity contribution is -0.149. The molecule has 0 bridgehead atoms. The van der Waals surface area contributed by atoms with Gasteiger partial charge in [-0.2, -0.15) is 5.10 Å². The van der Waals surface area contributed by atoms with Crippen LogP contribution in [0.25, 0.3) is 0 Å². The van der Waals surface area contributed by atoms with E-state index >= 15 is 0 Å². The van der Waals surface area contributed by atoms with E-state index < -0.39 is 28.6 Å². The first kappa shape index (κ1) is 14.9. The third kappa shape index (κ3) is 3.19. The van der Waals surface area contributed by atoms with E-state index in [1.165, 1.54) is 13.2 Å². The summed E-state index contributed by atoms with van der Waals surface area (Å²) in [6.07, 6.45) is -0.413. The van der Waals surface area contributed by atoms with Crippen LogP contribution >= 0.6 is 11.6 Å². The molecule has 1 aromatic rings. The Labute approximate surface area is 109 Å². The predicted octanol–water partition coefficient (Wildman–Crippen LogP) is -1.11. The molecule has 0 aliphatic rings. The quantitative estimate of drug-likeness (QED) is 0.667. The molecule has 0 aromatic carbocycles. The van der Waals surface area contributed by atoms with Gasteiger partial charge in [0.25, 0.3) is 10.0 Å². The number of esters is 1. The smallest absolute Gasteiger partial charge is 0.336 e. The van der Waals surface area contributed by atoms with Gasteiger partial charge < -0.3 is 9.84 Å². The number of aliphatic hydroxyl groups excluding tert-OH is 1. The Morgan fingerprint density at radius 1 is 1.72 bits per heavy atom. The summed E-state index contributed by atoms with van der Waals surface area (Å²) in [5.41, 5.74) is 0. The summed E-state index contributed by atoms with van der Waals surface area (Å²) in [4.78, 5) is 10.9. The molecular formula is C8H12ClN3O5S. The second-order valence-corrected chi connectivity index (χ2v) is 5.40. The summed E-state index contributed by atoms with van der Waals surface area (Å²) >= 11 is 5.68. The van der Waals surface area contributed by atoms with Crippen LogP contribution in [0.15, 0.2) is 11.2 Å². The summed E-state index contributed by atoms with van der Waals surface area (Å²) < 4.78 is 31.0. The lowest BCUT2D eigenvalue weighted by Gasteiger charge is -2.10. The highest BCUT2D eigenvalue weighted by atomic mass is 35.5. The first-order valence-corrected chi connectivity index (χ1v) is 6.58. The highest BCUT2D eigenvalue weighted by Gasteiger charge is 2.25. The molecule has 102 valence electrons. The minimum atomic E-state index is -3.96. The molecule has 0 amide bonds. The molecule has 10 heteroatoms. The van der Waals surface area contributed by atoms with Crippen LogP contribution in [0, 0.1) is 0 Å². The molecule has 0 spiro atoms. The number of hydrogen-bond acceptors (Lipinski definition) is 6. The number of halogens is 1. The SMILES string of the molecule is COC(=O)C(O)CNS(=O)(=O)c1c(Cl)cnn1C. The van der Waals surface area contributed by atoms with Gasteiger partial charge in [0.05, 0.1) is 18.3 Å². The normalized spacial score (nSPS) is 13.3. The van der Waals surface area contributed by atoms with Gasteiger partial charge in [0.1, 0.15) is 0 Å². The number of hydrogen-bond donors (Lipinski definition) is 2. The number of methoxy groups -OCH3 is 1. The van der Waals surface area contributed by atoms with Crippen molar-refractivity contribution in [1.82, 2.24) is 14.5 Å². The van der Waals surface area contributed by atoms with Gasteiger partial charge in [-0.3, -0.25) is 4.68 Å². The van der Waals surface area contributed by atoms with E-state index in [0.29, 0.717) is 0 Å². The number of aliphatic hydroxyl groups is 1. The van der Waals surface area contributed by atoms with Gasteiger partial charge in [0.15, 0.2) is 11.1 Å². The van der Waals surface area contributed by atoms with E-state index in [-0.39, 0.29) is 10.0 Å². The van der Waals surface area contributed by atoms with Gasteiger partial charge in [0, 0.05) is 13.6 Å². The van der Waals surface area contributed by atoms with E-state index in [9.17, 15) is 18.3 Å². The molecule has 0 radical (unpaired) electrons. The number of rotatable bonds is 5. The Morgan fingerprint density at radius 3 is 2.78 bits per heavy atom. The van der Waals surface area contributed by atoms with Crippen molar-refractivity contribution in [3.05, 3.63) is 11.2 Å². The second kappa shape index (κ2) is 5.65. The largest absolute Gasteiger partial charge is 0.467 e. The molecule has 0 fully saturated rings. The number of nitrogens with zero attached hydrogens (tertiary/aromatic N) is 2. The van der Waals surface area contributed by atoms with E-state index in [4.69, 9.17) is 11.6 Å². The summed E-state index contributed by atoms with van der Waals surface area (Å²) in [6, 6.07) is 0. The van der Waals surface area contributed by atoms with Crippen LogP contribution < -0.4 is 4.72 Å². The van der Waals surface area contributed by atoms with Gasteiger partial charge in [0.2, 0.25) is 0 Å². The lowest BCUT2D eigenvalue weighted by Crippen LogP contribution is -2.37. The Morgan fingerprint density at radius 2 is 2.33 bits per heavy atom. The monoisotopic (exact) mass is 297 g/mol. The highest BCUT2D eigenvalue weighted by molar-refractivity contribution is 7.89. The molecule has 2 N–H and O–H groups in total. The Balaban J connectivity index is 2.81. The summed E-state index contributed by atoms with van der Waals surface area (Å²) in [7, 11) is -1.48. The van der Waals surface area contributed by atoms with Crippen LogP contribution in [0.4, 0.5) is 0 Å². The Bertz CT molecular complexity index is 521. The summed E-state index contributed by atoms with van der Waals surface area (Å²) in [5, 5.41) is 12.6. The fraction of sp³-hybridized carbons (Fsp3) is 0.500. The van der Waals surface area contributed by atoms with Crippen LogP contribution in [-0.4, -0.2) is 49.0 Å². The fourth-order valence-corrected chi connectivity index (χ4v) is 2.87. The zero-order chi connectivity index (χ0) is 13.9. The van der Waals surface area contributed by atoms with Crippen molar-refractivity contribution < 1.29 is 23.1 Å². The number of carbonyl (C=O) groups excluding carboxylic acids is 1. The molecule has 1 aromatic heterocycles. The van der Waals surface area contributed by atoms with Crippen molar-refractivity contribution in [2.45, 2.75) is 11.1 Å². The van der Waals surface area contributed by atoms with Gasteiger partial charge in [-0.15, -0.1) is 0 Å². The van der Waals surface area contributed by atoms with Crippen molar-refractivity contribution in [2.24, 2.45) is 7.05 Å². The van der Waals surface area contributed by atoms with E-state index in [1.807, 2.05) is 4.72 Å². The van der Waals surface area contributed by atoms with Crippen molar-refractivity contribution >= 4 is 27.6 Å². The molecule has 1 heterocycles. The van der Waals surface area contributed by atoms with Crippen LogP contribution in [0.5, 0.6) is 0 Å². The third-order valence-electron chi connectivity index (χ3n) is 2.04. The first-order valence-electron chi connectivity index (χ1n) is 4.72. The molecule has 1 unspecified atom stereocenters. The van der Waals surface area contributed by atoms with Crippen molar-refractivity contribution in [1.29, 1.82) is 0 Å². The number of nitrogens with one attached hydrogen (secondary N) is 1.